The van der Waals surface area contributed by atoms with Gasteiger partial charge in [-0.2, -0.15) is 0 Å². The average molecular weight is 435 g/mol. The number of ether oxygens (including phenoxy) is 2. The van der Waals surface area contributed by atoms with Crippen LogP contribution in [0.3, 0.4) is 0 Å². The van der Waals surface area contributed by atoms with E-state index in [0.717, 1.165) is 18.4 Å². The maximum absolute atomic E-state index is 12.1. The van der Waals surface area contributed by atoms with Crippen molar-refractivity contribution in [1.82, 2.24) is 5.32 Å². The van der Waals surface area contributed by atoms with Gasteiger partial charge in [-0.1, -0.05) is 24.3 Å². The first-order valence-corrected chi connectivity index (χ1v) is 11.7. The van der Waals surface area contributed by atoms with E-state index in [2.05, 4.69) is 5.32 Å². The Bertz CT molecular complexity index is 916. The minimum atomic E-state index is -3.40. The first-order chi connectivity index (χ1) is 14.3. The SMILES string of the molecule is COc1ccc(CCCNC(=O)CCCN(c2ccccc2)S(C)(=O)=O)cc1OC. The second-order valence-electron chi connectivity index (χ2n) is 6.92. The number of rotatable bonds is 12. The van der Waals surface area contributed by atoms with Crippen LogP contribution in [-0.2, 0) is 21.2 Å². The number of hydrogen-bond donors (Lipinski definition) is 1. The molecule has 0 aliphatic carbocycles. The number of carbonyl (C=O) groups is 1. The van der Waals surface area contributed by atoms with Gasteiger partial charge >= 0.3 is 0 Å². The highest BCUT2D eigenvalue weighted by Gasteiger charge is 2.17. The lowest BCUT2D eigenvalue weighted by Gasteiger charge is -2.22. The lowest BCUT2D eigenvalue weighted by molar-refractivity contribution is -0.121. The zero-order chi connectivity index (χ0) is 22.0. The Morgan fingerprint density at radius 1 is 1.00 bits per heavy atom. The number of nitrogens with one attached hydrogen (secondary N) is 1. The van der Waals surface area contributed by atoms with Gasteiger partial charge in [0, 0.05) is 19.5 Å². The smallest absolute Gasteiger partial charge is 0.232 e. The highest BCUT2D eigenvalue weighted by molar-refractivity contribution is 7.92. The van der Waals surface area contributed by atoms with Crippen molar-refractivity contribution in [3.05, 3.63) is 54.1 Å². The lowest BCUT2D eigenvalue weighted by Crippen LogP contribution is -2.32. The van der Waals surface area contributed by atoms with Crippen molar-refractivity contribution in [3.63, 3.8) is 0 Å². The number of carbonyl (C=O) groups excluding carboxylic acids is 1. The summed E-state index contributed by atoms with van der Waals surface area (Å²) in [5.74, 6) is 1.30. The van der Waals surface area contributed by atoms with E-state index in [9.17, 15) is 13.2 Å². The summed E-state index contributed by atoms with van der Waals surface area (Å²) in [6.45, 7) is 0.823. The summed E-state index contributed by atoms with van der Waals surface area (Å²) in [6.07, 6.45) is 3.49. The van der Waals surface area contributed by atoms with Crippen molar-refractivity contribution in [1.29, 1.82) is 0 Å². The van der Waals surface area contributed by atoms with Gasteiger partial charge < -0.3 is 14.8 Å². The number of nitrogens with zero attached hydrogens (tertiary/aromatic N) is 1. The second kappa shape index (κ2) is 11.4. The molecule has 0 radical (unpaired) electrons. The topological polar surface area (TPSA) is 84.9 Å². The van der Waals surface area contributed by atoms with Crippen LogP contribution in [0, 0.1) is 0 Å². The molecule has 0 fully saturated rings. The van der Waals surface area contributed by atoms with Gasteiger partial charge in [0.05, 0.1) is 26.2 Å². The molecule has 0 spiro atoms. The lowest BCUT2D eigenvalue weighted by atomic mass is 10.1. The Hall–Kier alpha value is -2.74. The summed E-state index contributed by atoms with van der Waals surface area (Å²) in [5, 5.41) is 2.89. The summed E-state index contributed by atoms with van der Waals surface area (Å²) in [6, 6.07) is 14.7. The van der Waals surface area contributed by atoms with Crippen LogP contribution in [0.15, 0.2) is 48.5 Å². The number of benzene rings is 2. The van der Waals surface area contributed by atoms with E-state index >= 15 is 0 Å². The Morgan fingerprint density at radius 2 is 1.70 bits per heavy atom. The van der Waals surface area contributed by atoms with Gasteiger partial charge in [0.25, 0.3) is 0 Å². The van der Waals surface area contributed by atoms with Crippen LogP contribution in [0.1, 0.15) is 24.8 Å². The van der Waals surface area contributed by atoms with E-state index in [4.69, 9.17) is 9.47 Å². The van der Waals surface area contributed by atoms with Crippen LogP contribution < -0.4 is 19.1 Å². The predicted octanol–water partition coefficient (Wildman–Crippen LogP) is 3.00. The van der Waals surface area contributed by atoms with Crippen molar-refractivity contribution in [3.8, 4) is 11.5 Å². The van der Waals surface area contributed by atoms with E-state index in [0.29, 0.717) is 30.2 Å². The van der Waals surface area contributed by atoms with Crippen LogP contribution >= 0.6 is 0 Å². The third kappa shape index (κ3) is 7.26. The number of methoxy groups -OCH3 is 2. The molecule has 8 heteroatoms. The van der Waals surface area contributed by atoms with Crippen molar-refractivity contribution in [2.24, 2.45) is 0 Å². The van der Waals surface area contributed by atoms with E-state index in [1.54, 1.807) is 38.5 Å². The van der Waals surface area contributed by atoms with Gasteiger partial charge in [-0.05, 0) is 49.1 Å². The molecule has 0 saturated carbocycles. The van der Waals surface area contributed by atoms with Crippen molar-refractivity contribution >= 4 is 21.6 Å². The number of amides is 1. The molecule has 0 bridgehead atoms. The minimum absolute atomic E-state index is 0.0798. The number of aryl methyl sites for hydroxylation is 1. The summed E-state index contributed by atoms with van der Waals surface area (Å²) in [5.41, 5.74) is 1.71. The van der Waals surface area contributed by atoms with Crippen LogP contribution in [0.2, 0.25) is 0 Å². The van der Waals surface area contributed by atoms with Gasteiger partial charge in [0.2, 0.25) is 15.9 Å². The van der Waals surface area contributed by atoms with E-state index < -0.39 is 10.0 Å². The standard InChI is InChI=1S/C22H30N2O5S/c1-28-20-14-13-18(17-21(20)29-2)9-7-15-23-22(25)12-8-16-24(30(3,26)27)19-10-5-4-6-11-19/h4-6,10-11,13-14,17H,7-9,12,15-16H2,1-3H3,(H,23,25). The summed E-state index contributed by atoms with van der Waals surface area (Å²) in [7, 11) is -0.195. The molecule has 0 heterocycles. The van der Waals surface area contributed by atoms with Gasteiger partial charge in [-0.15, -0.1) is 0 Å². The van der Waals surface area contributed by atoms with E-state index in [1.165, 1.54) is 10.6 Å². The fraction of sp³-hybridized carbons (Fsp3) is 0.409. The maximum Gasteiger partial charge on any atom is 0.232 e. The van der Waals surface area contributed by atoms with Crippen molar-refractivity contribution < 1.29 is 22.7 Å². The third-order valence-corrected chi connectivity index (χ3v) is 5.82. The minimum Gasteiger partial charge on any atom is -0.493 e. The molecule has 164 valence electrons. The molecule has 0 atom stereocenters. The van der Waals surface area contributed by atoms with Gasteiger partial charge in [0.15, 0.2) is 11.5 Å². The number of sulfonamides is 1. The highest BCUT2D eigenvalue weighted by atomic mass is 32.2. The normalized spacial score (nSPS) is 11.0. The van der Waals surface area contributed by atoms with Crippen molar-refractivity contribution in [2.75, 3.05) is 37.9 Å². The monoisotopic (exact) mass is 434 g/mol. The predicted molar refractivity (Wildman–Crippen MR) is 119 cm³/mol. The molecule has 7 nitrogen and oxygen atoms in total. The molecule has 0 aliphatic rings. The first-order valence-electron chi connectivity index (χ1n) is 9.85. The zero-order valence-corrected chi connectivity index (χ0v) is 18.6. The quantitative estimate of drug-likeness (QED) is 0.519. The Balaban J connectivity index is 1.73. The number of hydrogen-bond acceptors (Lipinski definition) is 5. The molecular formula is C22H30N2O5S. The van der Waals surface area contributed by atoms with Gasteiger partial charge in [0.1, 0.15) is 0 Å². The molecule has 0 aromatic heterocycles. The number of para-hydroxylation sites is 1. The largest absolute Gasteiger partial charge is 0.493 e. The summed E-state index contributed by atoms with van der Waals surface area (Å²) in [4.78, 5) is 12.1. The van der Waals surface area contributed by atoms with Gasteiger partial charge in [-0.25, -0.2) is 8.42 Å². The molecule has 30 heavy (non-hydrogen) atoms. The van der Waals surface area contributed by atoms with Crippen LogP contribution in [0.5, 0.6) is 11.5 Å². The van der Waals surface area contributed by atoms with Crippen molar-refractivity contribution in [2.45, 2.75) is 25.7 Å². The molecule has 2 aromatic rings. The van der Waals surface area contributed by atoms with E-state index in [-0.39, 0.29) is 18.9 Å². The molecule has 0 unspecified atom stereocenters. The average Bonchev–Trinajstić information content (AvgIpc) is 2.73. The zero-order valence-electron chi connectivity index (χ0n) is 17.8. The first kappa shape index (κ1) is 23.5. The van der Waals surface area contributed by atoms with Gasteiger partial charge in [-0.3, -0.25) is 9.10 Å². The highest BCUT2D eigenvalue weighted by Crippen LogP contribution is 2.27. The molecule has 1 amide bonds. The fourth-order valence-corrected chi connectivity index (χ4v) is 4.07. The second-order valence-corrected chi connectivity index (χ2v) is 8.82. The molecular weight excluding hydrogens is 404 g/mol. The molecule has 0 saturated heterocycles. The van der Waals surface area contributed by atoms with Crippen LogP contribution in [-0.4, -0.2) is 47.9 Å². The molecule has 2 rings (SSSR count). The Kier molecular flexibility index (Phi) is 8.98. The fourth-order valence-electron chi connectivity index (χ4n) is 3.11. The third-order valence-electron chi connectivity index (χ3n) is 4.62. The molecule has 1 N–H and O–H groups in total. The van der Waals surface area contributed by atoms with E-state index in [1.807, 2.05) is 24.3 Å². The van der Waals surface area contributed by atoms with Crippen LogP contribution in [0.25, 0.3) is 0 Å². The number of anilines is 1. The molecule has 0 aliphatic heterocycles. The Morgan fingerprint density at radius 3 is 2.33 bits per heavy atom. The maximum atomic E-state index is 12.1. The molecule has 2 aromatic carbocycles. The summed E-state index contributed by atoms with van der Waals surface area (Å²) >= 11 is 0. The summed E-state index contributed by atoms with van der Waals surface area (Å²) < 4.78 is 36.0. The van der Waals surface area contributed by atoms with Crippen LogP contribution in [0.4, 0.5) is 5.69 Å². The Labute approximate surface area is 179 Å².